The van der Waals surface area contributed by atoms with Crippen LogP contribution in [-0.4, -0.2) is 16.2 Å². The van der Waals surface area contributed by atoms with E-state index < -0.39 is 9.63 Å². The summed E-state index contributed by atoms with van der Waals surface area (Å²) in [4.78, 5) is 2.28. The van der Waals surface area contributed by atoms with Gasteiger partial charge in [0.25, 0.3) is 0 Å². The minimum Gasteiger partial charge on any atom is -0.285 e. The molecule has 1 fully saturated rings. The van der Waals surface area contributed by atoms with Gasteiger partial charge in [0.15, 0.2) is 0 Å². The lowest BCUT2D eigenvalue weighted by atomic mass is 9.90. The molecule has 0 aromatic carbocycles. The standard InChI is InChI=1S/C7H14F2NSi/c8-11(9)10-6-7-4-2-1-3-5-7/h7,10H,1-6H2. The molecule has 0 spiro atoms. The molecule has 4 heteroatoms. The van der Waals surface area contributed by atoms with Crippen LogP contribution in [0, 0.1) is 5.92 Å². The number of rotatable bonds is 3. The highest BCUT2D eigenvalue weighted by molar-refractivity contribution is 6.39. The molecule has 0 aromatic rings. The lowest BCUT2D eigenvalue weighted by Crippen LogP contribution is -2.31. The van der Waals surface area contributed by atoms with Gasteiger partial charge in [0.05, 0.1) is 0 Å². The van der Waals surface area contributed by atoms with Gasteiger partial charge in [-0.3, -0.25) is 4.98 Å². The van der Waals surface area contributed by atoms with Crippen molar-refractivity contribution < 1.29 is 8.22 Å². The first-order chi connectivity index (χ1) is 5.29. The van der Waals surface area contributed by atoms with E-state index in [1.165, 1.54) is 19.3 Å². The van der Waals surface area contributed by atoms with Crippen LogP contribution in [0.1, 0.15) is 32.1 Å². The molecule has 1 saturated carbocycles. The molecule has 1 N–H and O–H groups in total. The van der Waals surface area contributed by atoms with Gasteiger partial charge in [0.2, 0.25) is 0 Å². The molecule has 1 nitrogen and oxygen atoms in total. The fourth-order valence-corrected chi connectivity index (χ4v) is 2.06. The molecule has 65 valence electrons. The Morgan fingerprint density at radius 2 is 1.82 bits per heavy atom. The van der Waals surface area contributed by atoms with E-state index in [-0.39, 0.29) is 0 Å². The van der Waals surface area contributed by atoms with Crippen molar-refractivity contribution in [2.24, 2.45) is 5.92 Å². The highest BCUT2D eigenvalue weighted by atomic mass is 28.4. The Balaban J connectivity index is 2.05. The topological polar surface area (TPSA) is 12.0 Å². The summed E-state index contributed by atoms with van der Waals surface area (Å²) in [5, 5.41) is 0. The largest absolute Gasteiger partial charge is 0.570 e. The molecule has 0 bridgehead atoms. The van der Waals surface area contributed by atoms with Crippen LogP contribution in [-0.2, 0) is 0 Å². The number of hydrogen-bond donors (Lipinski definition) is 1. The summed E-state index contributed by atoms with van der Waals surface area (Å²) in [6.45, 7) is 0.543. The zero-order valence-corrected chi connectivity index (χ0v) is 7.58. The van der Waals surface area contributed by atoms with Crippen molar-refractivity contribution in [3.8, 4) is 0 Å². The van der Waals surface area contributed by atoms with Crippen molar-refractivity contribution >= 4 is 9.63 Å². The lowest BCUT2D eigenvalue weighted by Gasteiger charge is -2.20. The third kappa shape index (κ3) is 3.81. The van der Waals surface area contributed by atoms with Gasteiger partial charge < -0.3 is 0 Å². The summed E-state index contributed by atoms with van der Waals surface area (Å²) in [6, 6.07) is 0. The van der Waals surface area contributed by atoms with Crippen molar-refractivity contribution in [2.45, 2.75) is 32.1 Å². The van der Waals surface area contributed by atoms with Gasteiger partial charge in [0, 0.05) is 0 Å². The fourth-order valence-electron chi connectivity index (χ4n) is 1.61. The molecular weight excluding hydrogens is 164 g/mol. The Morgan fingerprint density at radius 1 is 1.18 bits per heavy atom. The van der Waals surface area contributed by atoms with Crippen molar-refractivity contribution in [1.82, 2.24) is 4.98 Å². The number of halogens is 2. The zero-order valence-electron chi connectivity index (χ0n) is 6.58. The molecule has 1 aliphatic rings. The Kier molecular flexibility index (Phi) is 4.00. The molecule has 1 rings (SSSR count). The number of hydrogen-bond acceptors (Lipinski definition) is 1. The van der Waals surface area contributed by atoms with Gasteiger partial charge in [-0.1, -0.05) is 19.3 Å². The third-order valence-electron chi connectivity index (χ3n) is 2.25. The average Bonchev–Trinajstić information content (AvgIpc) is 2.03. The van der Waals surface area contributed by atoms with E-state index in [9.17, 15) is 8.22 Å². The van der Waals surface area contributed by atoms with Crippen molar-refractivity contribution in [2.75, 3.05) is 6.54 Å². The molecule has 0 atom stereocenters. The van der Waals surface area contributed by atoms with Crippen LogP contribution in [0.2, 0.25) is 0 Å². The van der Waals surface area contributed by atoms with Crippen LogP contribution in [0.15, 0.2) is 0 Å². The summed E-state index contributed by atoms with van der Waals surface area (Å²) < 4.78 is 23.6. The highest BCUT2D eigenvalue weighted by Crippen LogP contribution is 2.22. The molecule has 1 radical (unpaired) electrons. The Hall–Kier alpha value is 0.0369. The van der Waals surface area contributed by atoms with Gasteiger partial charge in [-0.25, -0.2) is 8.22 Å². The van der Waals surface area contributed by atoms with E-state index in [0.29, 0.717) is 12.5 Å². The molecule has 0 saturated heterocycles. The monoisotopic (exact) mass is 178 g/mol. The first kappa shape index (κ1) is 9.13. The van der Waals surface area contributed by atoms with Gasteiger partial charge in [-0.15, -0.1) is 0 Å². The van der Waals surface area contributed by atoms with Gasteiger partial charge in [0.1, 0.15) is 0 Å². The Bertz CT molecular complexity index is 105. The van der Waals surface area contributed by atoms with Gasteiger partial charge >= 0.3 is 9.63 Å². The van der Waals surface area contributed by atoms with Crippen molar-refractivity contribution in [1.29, 1.82) is 0 Å². The first-order valence-corrected chi connectivity index (χ1v) is 5.46. The van der Waals surface area contributed by atoms with Gasteiger partial charge in [-0.2, -0.15) is 0 Å². The molecule has 0 aliphatic heterocycles. The molecule has 0 heterocycles. The molecule has 0 unspecified atom stereocenters. The van der Waals surface area contributed by atoms with E-state index in [0.717, 1.165) is 12.8 Å². The van der Waals surface area contributed by atoms with Crippen LogP contribution in [0.3, 0.4) is 0 Å². The van der Waals surface area contributed by atoms with E-state index in [1.54, 1.807) is 0 Å². The van der Waals surface area contributed by atoms with Crippen LogP contribution < -0.4 is 4.98 Å². The molecule has 1 aliphatic carbocycles. The average molecular weight is 178 g/mol. The predicted octanol–water partition coefficient (Wildman–Crippen LogP) is 2.08. The van der Waals surface area contributed by atoms with E-state index >= 15 is 0 Å². The van der Waals surface area contributed by atoms with Crippen molar-refractivity contribution in [3.05, 3.63) is 0 Å². The normalized spacial score (nSPS) is 21.0. The molecule has 11 heavy (non-hydrogen) atoms. The van der Waals surface area contributed by atoms with Crippen LogP contribution in [0.4, 0.5) is 8.22 Å². The molecule has 0 amide bonds. The van der Waals surface area contributed by atoms with Crippen LogP contribution in [0.5, 0.6) is 0 Å². The van der Waals surface area contributed by atoms with E-state index in [4.69, 9.17) is 0 Å². The van der Waals surface area contributed by atoms with Gasteiger partial charge in [-0.05, 0) is 25.3 Å². The fraction of sp³-hybridized carbons (Fsp3) is 1.00. The smallest absolute Gasteiger partial charge is 0.285 e. The summed E-state index contributed by atoms with van der Waals surface area (Å²) in [5.74, 6) is 0.523. The lowest BCUT2D eigenvalue weighted by molar-refractivity contribution is 0.352. The Morgan fingerprint density at radius 3 is 2.36 bits per heavy atom. The minimum atomic E-state index is -3.18. The maximum Gasteiger partial charge on any atom is 0.570 e. The zero-order chi connectivity index (χ0) is 8.10. The second kappa shape index (κ2) is 4.82. The quantitative estimate of drug-likeness (QED) is 0.515. The molecule has 0 aromatic heterocycles. The minimum absolute atomic E-state index is 0.523. The van der Waals surface area contributed by atoms with Crippen molar-refractivity contribution in [3.63, 3.8) is 0 Å². The summed E-state index contributed by atoms with van der Waals surface area (Å²) in [6.07, 6.45) is 6.03. The highest BCUT2D eigenvalue weighted by Gasteiger charge is 2.16. The number of nitrogens with one attached hydrogen (secondary N) is 1. The Labute approximate surface area is 68.2 Å². The maximum atomic E-state index is 11.8. The van der Waals surface area contributed by atoms with Crippen LogP contribution in [0.25, 0.3) is 0 Å². The third-order valence-corrected chi connectivity index (χ3v) is 2.72. The summed E-state index contributed by atoms with van der Waals surface area (Å²) >= 11 is 0. The predicted molar refractivity (Wildman–Crippen MR) is 42.5 cm³/mol. The van der Waals surface area contributed by atoms with E-state index in [1.807, 2.05) is 0 Å². The summed E-state index contributed by atoms with van der Waals surface area (Å²) in [5.41, 5.74) is 0. The van der Waals surface area contributed by atoms with E-state index in [2.05, 4.69) is 4.98 Å². The summed E-state index contributed by atoms with van der Waals surface area (Å²) in [7, 11) is -3.18. The second-order valence-electron chi connectivity index (χ2n) is 3.15. The SMILES string of the molecule is F[Si](F)NCC1CCCCC1. The maximum absolute atomic E-state index is 11.8. The first-order valence-electron chi connectivity index (χ1n) is 4.21. The van der Waals surface area contributed by atoms with Crippen LogP contribution >= 0.6 is 0 Å². The molecular formula is C7H14F2NSi. The second-order valence-corrected chi connectivity index (χ2v) is 4.02.